The summed E-state index contributed by atoms with van der Waals surface area (Å²) >= 11 is 0. The van der Waals surface area contributed by atoms with E-state index in [1.165, 1.54) is 0 Å². The van der Waals surface area contributed by atoms with Crippen molar-refractivity contribution in [3.05, 3.63) is 24.0 Å². The Labute approximate surface area is 132 Å². The Kier molecular flexibility index (Phi) is 8.53. The van der Waals surface area contributed by atoms with E-state index in [0.29, 0.717) is 12.3 Å². The lowest BCUT2D eigenvalue weighted by Gasteiger charge is -2.17. The summed E-state index contributed by atoms with van der Waals surface area (Å²) in [5.74, 6) is 0.558. The summed E-state index contributed by atoms with van der Waals surface area (Å²) in [5.41, 5.74) is 0.787. The van der Waals surface area contributed by atoms with Gasteiger partial charge in [0.05, 0.1) is 5.69 Å². The van der Waals surface area contributed by atoms with E-state index < -0.39 is 0 Å². The Bertz CT molecular complexity index is 424. The van der Waals surface area contributed by atoms with Gasteiger partial charge in [0.2, 0.25) is 0 Å². The zero-order chi connectivity index (χ0) is 13.0. The number of likely N-dealkylation sites (tertiary alicyclic amines) is 1. The highest BCUT2D eigenvalue weighted by Crippen LogP contribution is 2.18. The second kappa shape index (κ2) is 9.00. The number of amides is 1. The molecule has 2 heterocycles. The van der Waals surface area contributed by atoms with Gasteiger partial charge in [0.1, 0.15) is 0 Å². The molecule has 1 fully saturated rings. The molecular weight excluding hydrogens is 301 g/mol. The van der Waals surface area contributed by atoms with Crippen molar-refractivity contribution in [1.82, 2.24) is 14.8 Å². The first kappa shape index (κ1) is 19.0. The fourth-order valence-electron chi connectivity index (χ4n) is 1.99. The number of pyridine rings is 1. The zero-order valence-electron chi connectivity index (χ0n) is 11.7. The Morgan fingerprint density at radius 3 is 2.60 bits per heavy atom. The molecule has 0 unspecified atom stereocenters. The molecule has 20 heavy (non-hydrogen) atoms. The number of carbonyl (C=O) groups is 1. The average molecular weight is 322 g/mol. The van der Waals surface area contributed by atoms with Crippen LogP contribution in [0.2, 0.25) is 0 Å². The molecule has 0 spiro atoms. The van der Waals surface area contributed by atoms with Crippen molar-refractivity contribution in [2.24, 2.45) is 0 Å². The molecule has 1 aromatic heterocycles. The number of ether oxygens (including phenoxy) is 1. The number of carbonyl (C=O) groups excluding carboxylic acids is 1. The van der Waals surface area contributed by atoms with Gasteiger partial charge < -0.3 is 14.5 Å². The SMILES string of the molecule is CN(C)Cc1ncccc1OC(=O)N1CCCC1.Cl.Cl. The molecule has 0 bridgehead atoms. The third-order valence-electron chi connectivity index (χ3n) is 2.88. The van der Waals surface area contributed by atoms with Crippen molar-refractivity contribution in [3.8, 4) is 5.75 Å². The molecule has 1 aliphatic heterocycles. The van der Waals surface area contributed by atoms with Gasteiger partial charge in [-0.3, -0.25) is 4.98 Å². The maximum absolute atomic E-state index is 11.9. The van der Waals surface area contributed by atoms with Crippen LogP contribution in [-0.4, -0.2) is 48.1 Å². The summed E-state index contributed by atoms with van der Waals surface area (Å²) in [6, 6.07) is 3.57. The summed E-state index contributed by atoms with van der Waals surface area (Å²) in [7, 11) is 3.92. The monoisotopic (exact) mass is 321 g/mol. The van der Waals surface area contributed by atoms with E-state index in [2.05, 4.69) is 4.98 Å². The smallest absolute Gasteiger partial charge is 0.408 e. The first-order chi connectivity index (χ1) is 8.66. The molecule has 0 radical (unpaired) electrons. The molecule has 1 amide bonds. The van der Waals surface area contributed by atoms with Crippen LogP contribution in [0.25, 0.3) is 0 Å². The van der Waals surface area contributed by atoms with Crippen LogP contribution in [0, 0.1) is 0 Å². The van der Waals surface area contributed by atoms with Crippen LogP contribution in [0.5, 0.6) is 5.75 Å². The van der Waals surface area contributed by atoms with Crippen LogP contribution in [0.3, 0.4) is 0 Å². The van der Waals surface area contributed by atoms with Crippen molar-refractivity contribution in [2.75, 3.05) is 27.2 Å². The molecule has 1 saturated heterocycles. The lowest BCUT2D eigenvalue weighted by atomic mass is 10.3. The standard InChI is InChI=1S/C13H19N3O2.2ClH/c1-15(2)10-11-12(6-5-7-14-11)18-13(17)16-8-3-4-9-16;;/h5-7H,3-4,8-10H2,1-2H3;2*1H. The zero-order valence-corrected chi connectivity index (χ0v) is 13.4. The minimum Gasteiger partial charge on any atom is -0.408 e. The lowest BCUT2D eigenvalue weighted by molar-refractivity contribution is 0.161. The highest BCUT2D eigenvalue weighted by atomic mass is 35.5. The third kappa shape index (κ3) is 5.15. The molecular formula is C13H21Cl2N3O2. The number of rotatable bonds is 3. The van der Waals surface area contributed by atoms with Gasteiger partial charge in [-0.1, -0.05) is 0 Å². The van der Waals surface area contributed by atoms with Crippen molar-refractivity contribution >= 4 is 30.9 Å². The number of halogens is 2. The maximum atomic E-state index is 11.9. The Morgan fingerprint density at radius 1 is 1.35 bits per heavy atom. The molecule has 0 saturated carbocycles. The molecule has 7 heteroatoms. The second-order valence-electron chi connectivity index (χ2n) is 4.75. The number of aromatic nitrogens is 1. The lowest BCUT2D eigenvalue weighted by Crippen LogP contribution is -2.31. The predicted molar refractivity (Wildman–Crippen MR) is 83.0 cm³/mol. The van der Waals surface area contributed by atoms with Crippen LogP contribution in [0.15, 0.2) is 18.3 Å². The first-order valence-electron chi connectivity index (χ1n) is 6.22. The van der Waals surface area contributed by atoms with Gasteiger partial charge in [-0.15, -0.1) is 24.8 Å². The Morgan fingerprint density at radius 2 is 2.00 bits per heavy atom. The maximum Gasteiger partial charge on any atom is 0.415 e. The molecule has 1 aliphatic rings. The molecule has 114 valence electrons. The van der Waals surface area contributed by atoms with E-state index in [-0.39, 0.29) is 30.9 Å². The van der Waals surface area contributed by atoms with Crippen molar-refractivity contribution in [2.45, 2.75) is 19.4 Å². The fraction of sp³-hybridized carbons (Fsp3) is 0.538. The molecule has 0 N–H and O–H groups in total. The van der Waals surface area contributed by atoms with E-state index in [9.17, 15) is 4.79 Å². The molecule has 5 nitrogen and oxygen atoms in total. The van der Waals surface area contributed by atoms with Crippen molar-refractivity contribution < 1.29 is 9.53 Å². The van der Waals surface area contributed by atoms with Gasteiger partial charge in [-0.2, -0.15) is 0 Å². The van der Waals surface area contributed by atoms with Crippen LogP contribution >= 0.6 is 24.8 Å². The van der Waals surface area contributed by atoms with E-state index in [1.54, 1.807) is 23.2 Å². The van der Waals surface area contributed by atoms with Gasteiger partial charge >= 0.3 is 6.09 Å². The van der Waals surface area contributed by atoms with Gasteiger partial charge in [0.15, 0.2) is 5.75 Å². The Hall–Kier alpha value is -1.04. The van der Waals surface area contributed by atoms with Crippen LogP contribution in [0.4, 0.5) is 4.79 Å². The summed E-state index contributed by atoms with van der Waals surface area (Å²) < 4.78 is 5.43. The van der Waals surface area contributed by atoms with Gasteiger partial charge in [-0.25, -0.2) is 4.79 Å². The average Bonchev–Trinajstić information content (AvgIpc) is 2.84. The van der Waals surface area contributed by atoms with Crippen LogP contribution < -0.4 is 4.74 Å². The van der Waals surface area contributed by atoms with E-state index in [4.69, 9.17) is 4.74 Å². The molecule has 1 aromatic rings. The van der Waals surface area contributed by atoms with E-state index in [0.717, 1.165) is 31.6 Å². The van der Waals surface area contributed by atoms with Crippen LogP contribution in [0.1, 0.15) is 18.5 Å². The van der Waals surface area contributed by atoms with E-state index in [1.807, 2.05) is 19.0 Å². The predicted octanol–water partition coefficient (Wildman–Crippen LogP) is 2.58. The van der Waals surface area contributed by atoms with Gasteiger partial charge in [-0.05, 0) is 39.1 Å². The largest absolute Gasteiger partial charge is 0.415 e. The first-order valence-corrected chi connectivity index (χ1v) is 6.22. The minimum atomic E-state index is -0.263. The quantitative estimate of drug-likeness (QED) is 0.858. The van der Waals surface area contributed by atoms with Crippen LogP contribution in [-0.2, 0) is 6.54 Å². The molecule has 2 rings (SSSR count). The summed E-state index contributed by atoms with van der Waals surface area (Å²) in [6.07, 6.45) is 3.58. The highest BCUT2D eigenvalue weighted by molar-refractivity contribution is 5.85. The van der Waals surface area contributed by atoms with E-state index >= 15 is 0 Å². The second-order valence-corrected chi connectivity index (χ2v) is 4.75. The third-order valence-corrected chi connectivity index (χ3v) is 2.88. The summed E-state index contributed by atoms with van der Waals surface area (Å²) in [5, 5.41) is 0. The summed E-state index contributed by atoms with van der Waals surface area (Å²) in [4.78, 5) is 19.9. The number of hydrogen-bond acceptors (Lipinski definition) is 4. The van der Waals surface area contributed by atoms with Crippen molar-refractivity contribution in [1.29, 1.82) is 0 Å². The fourth-order valence-corrected chi connectivity index (χ4v) is 1.99. The molecule has 0 aromatic carbocycles. The normalized spacial score (nSPS) is 13.7. The number of hydrogen-bond donors (Lipinski definition) is 0. The Balaban J connectivity index is 0.00000180. The number of nitrogens with zero attached hydrogens (tertiary/aromatic N) is 3. The summed E-state index contributed by atoms with van der Waals surface area (Å²) in [6.45, 7) is 2.24. The highest BCUT2D eigenvalue weighted by Gasteiger charge is 2.20. The molecule has 0 aliphatic carbocycles. The topological polar surface area (TPSA) is 45.7 Å². The van der Waals surface area contributed by atoms with Gasteiger partial charge in [0.25, 0.3) is 0 Å². The minimum absolute atomic E-state index is 0. The van der Waals surface area contributed by atoms with Gasteiger partial charge in [0, 0.05) is 25.8 Å². The molecule has 0 atom stereocenters. The van der Waals surface area contributed by atoms with Crippen molar-refractivity contribution in [3.63, 3.8) is 0 Å².